The number of fused-ring (bicyclic) bond motifs is 1. The van der Waals surface area contributed by atoms with Crippen LogP contribution in [0.5, 0.6) is 5.75 Å². The van der Waals surface area contributed by atoms with Crippen LogP contribution in [0.4, 0.5) is 0 Å². The van der Waals surface area contributed by atoms with Crippen LogP contribution in [0.25, 0.3) is 0 Å². The summed E-state index contributed by atoms with van der Waals surface area (Å²) in [4.78, 5) is 1.39. The maximum absolute atomic E-state index is 5.97. The van der Waals surface area contributed by atoms with Gasteiger partial charge in [0.25, 0.3) is 0 Å². The van der Waals surface area contributed by atoms with Crippen molar-refractivity contribution < 1.29 is 4.74 Å². The molecule has 2 N–H and O–H groups in total. The Labute approximate surface area is 124 Å². The van der Waals surface area contributed by atoms with Crippen LogP contribution in [0.3, 0.4) is 0 Å². The van der Waals surface area contributed by atoms with E-state index in [4.69, 9.17) is 10.5 Å². The second-order valence-corrected chi connectivity index (χ2v) is 6.28. The van der Waals surface area contributed by atoms with Gasteiger partial charge in [-0.25, -0.2) is 0 Å². The third kappa shape index (κ3) is 2.84. The number of rotatable bonds is 4. The Kier molecular flexibility index (Phi) is 3.99. The van der Waals surface area contributed by atoms with Gasteiger partial charge in [-0.2, -0.15) is 0 Å². The van der Waals surface area contributed by atoms with Crippen LogP contribution >= 0.6 is 11.8 Å². The smallest absolute Gasteiger partial charge is 0.119 e. The Morgan fingerprint density at radius 3 is 2.95 bits per heavy atom. The van der Waals surface area contributed by atoms with Crippen molar-refractivity contribution in [2.24, 2.45) is 5.73 Å². The molecule has 0 radical (unpaired) electrons. The summed E-state index contributed by atoms with van der Waals surface area (Å²) >= 11 is 1.92. The molecular formula is C17H19NOS. The lowest BCUT2D eigenvalue weighted by atomic mass is 10.0. The highest BCUT2D eigenvalue weighted by atomic mass is 32.2. The molecule has 3 rings (SSSR count). The van der Waals surface area contributed by atoms with Crippen molar-refractivity contribution in [1.29, 1.82) is 0 Å². The molecule has 2 nitrogen and oxygen atoms in total. The summed E-state index contributed by atoms with van der Waals surface area (Å²) in [6, 6.07) is 16.7. The van der Waals surface area contributed by atoms with Crippen LogP contribution in [0.2, 0.25) is 0 Å². The molecule has 20 heavy (non-hydrogen) atoms. The third-order valence-electron chi connectivity index (χ3n) is 3.63. The van der Waals surface area contributed by atoms with Gasteiger partial charge in [-0.1, -0.05) is 30.3 Å². The minimum Gasteiger partial charge on any atom is -0.493 e. The molecule has 1 aliphatic rings. The zero-order valence-corrected chi connectivity index (χ0v) is 12.4. The molecule has 0 aliphatic carbocycles. The third-order valence-corrected chi connectivity index (χ3v) is 4.89. The van der Waals surface area contributed by atoms with Crippen LogP contribution in [0.1, 0.15) is 30.0 Å². The van der Waals surface area contributed by atoms with E-state index >= 15 is 0 Å². The van der Waals surface area contributed by atoms with Crippen LogP contribution in [0.15, 0.2) is 53.4 Å². The summed E-state index contributed by atoms with van der Waals surface area (Å²) in [5.74, 6) is 2.50. The van der Waals surface area contributed by atoms with Gasteiger partial charge in [0.1, 0.15) is 5.75 Å². The summed E-state index contributed by atoms with van der Waals surface area (Å²) in [5, 5.41) is 0. The first-order valence-corrected chi connectivity index (χ1v) is 7.92. The average molecular weight is 285 g/mol. The van der Waals surface area contributed by atoms with Gasteiger partial charge < -0.3 is 10.5 Å². The van der Waals surface area contributed by atoms with Gasteiger partial charge >= 0.3 is 0 Å². The lowest BCUT2D eigenvalue weighted by Crippen LogP contribution is -2.10. The van der Waals surface area contributed by atoms with E-state index < -0.39 is 0 Å². The van der Waals surface area contributed by atoms with Crippen molar-refractivity contribution in [1.82, 2.24) is 0 Å². The summed E-state index contributed by atoms with van der Waals surface area (Å²) in [6.45, 7) is 2.72. The molecule has 1 aliphatic heterocycles. The lowest BCUT2D eigenvalue weighted by molar-refractivity contribution is 0.297. The van der Waals surface area contributed by atoms with E-state index in [-0.39, 0.29) is 6.04 Å². The second kappa shape index (κ2) is 5.90. The average Bonchev–Trinajstić information content (AvgIpc) is 2.89. The summed E-state index contributed by atoms with van der Waals surface area (Å²) in [7, 11) is 0. The van der Waals surface area contributed by atoms with E-state index in [1.807, 2.05) is 43.0 Å². The zero-order chi connectivity index (χ0) is 13.9. The number of ether oxygens (including phenoxy) is 1. The predicted molar refractivity (Wildman–Crippen MR) is 84.4 cm³/mol. The Morgan fingerprint density at radius 2 is 2.10 bits per heavy atom. The first-order valence-electron chi connectivity index (χ1n) is 6.94. The first kappa shape index (κ1) is 13.5. The fourth-order valence-electron chi connectivity index (χ4n) is 2.45. The Morgan fingerprint density at radius 1 is 1.25 bits per heavy atom. The van der Waals surface area contributed by atoms with Crippen LogP contribution < -0.4 is 10.5 Å². The van der Waals surface area contributed by atoms with Gasteiger partial charge in [-0.05, 0) is 36.2 Å². The molecule has 0 saturated heterocycles. The van der Waals surface area contributed by atoms with E-state index in [2.05, 4.69) is 24.3 Å². The lowest BCUT2D eigenvalue weighted by Gasteiger charge is -2.14. The van der Waals surface area contributed by atoms with Crippen molar-refractivity contribution in [3.8, 4) is 5.75 Å². The van der Waals surface area contributed by atoms with Crippen LogP contribution in [-0.2, 0) is 0 Å². The van der Waals surface area contributed by atoms with E-state index in [1.165, 1.54) is 10.5 Å². The molecule has 104 valence electrons. The van der Waals surface area contributed by atoms with Gasteiger partial charge in [-0.3, -0.25) is 0 Å². The van der Waals surface area contributed by atoms with Gasteiger partial charge in [0.05, 0.1) is 6.61 Å². The van der Waals surface area contributed by atoms with E-state index in [1.54, 1.807) is 0 Å². The molecule has 0 aromatic heterocycles. The normalized spacial score (nSPS) is 18.6. The Bertz CT molecular complexity index is 597. The van der Waals surface area contributed by atoms with E-state index in [0.29, 0.717) is 5.92 Å². The molecule has 2 unspecified atom stereocenters. The zero-order valence-electron chi connectivity index (χ0n) is 11.6. The quantitative estimate of drug-likeness (QED) is 0.923. The standard InChI is InChI=1S/C17H19NOS/c1-12(18)13-5-4-6-15(9-13)19-10-14-11-20-17-8-3-2-7-16(14)17/h2-9,12,14H,10-11,18H2,1H3. The van der Waals surface area contributed by atoms with Crippen LogP contribution in [0, 0.1) is 0 Å². The van der Waals surface area contributed by atoms with Crippen molar-refractivity contribution in [2.75, 3.05) is 12.4 Å². The molecule has 3 heteroatoms. The summed E-state index contributed by atoms with van der Waals surface area (Å²) in [5.41, 5.74) is 8.44. The topological polar surface area (TPSA) is 35.2 Å². The minimum atomic E-state index is 0.0429. The van der Waals surface area contributed by atoms with Crippen molar-refractivity contribution in [3.05, 3.63) is 59.7 Å². The molecule has 2 aromatic rings. The molecule has 0 saturated carbocycles. The number of thioether (sulfide) groups is 1. The molecule has 0 bridgehead atoms. The monoisotopic (exact) mass is 285 g/mol. The number of hydrogen-bond acceptors (Lipinski definition) is 3. The van der Waals surface area contributed by atoms with E-state index in [0.717, 1.165) is 23.7 Å². The number of hydrogen-bond donors (Lipinski definition) is 1. The highest BCUT2D eigenvalue weighted by Gasteiger charge is 2.23. The summed E-state index contributed by atoms with van der Waals surface area (Å²) < 4.78 is 5.97. The number of nitrogens with two attached hydrogens (primary N) is 1. The molecule has 2 aromatic carbocycles. The van der Waals surface area contributed by atoms with Gasteiger partial charge in [-0.15, -0.1) is 11.8 Å². The maximum atomic E-state index is 5.97. The largest absolute Gasteiger partial charge is 0.493 e. The second-order valence-electron chi connectivity index (χ2n) is 5.22. The molecule has 0 fully saturated rings. The van der Waals surface area contributed by atoms with Gasteiger partial charge in [0, 0.05) is 22.6 Å². The highest BCUT2D eigenvalue weighted by molar-refractivity contribution is 7.99. The molecular weight excluding hydrogens is 266 g/mol. The number of benzene rings is 2. The molecule has 2 atom stereocenters. The molecule has 0 spiro atoms. The van der Waals surface area contributed by atoms with E-state index in [9.17, 15) is 0 Å². The SMILES string of the molecule is CC(N)c1cccc(OCC2CSc3ccccc32)c1. The highest BCUT2D eigenvalue weighted by Crippen LogP contribution is 2.39. The molecule has 1 heterocycles. The fraction of sp³-hybridized carbons (Fsp3) is 0.294. The first-order chi connectivity index (χ1) is 9.74. The van der Waals surface area contributed by atoms with Gasteiger partial charge in [0.2, 0.25) is 0 Å². The van der Waals surface area contributed by atoms with Crippen molar-refractivity contribution in [2.45, 2.75) is 23.8 Å². The maximum Gasteiger partial charge on any atom is 0.119 e. The Balaban J connectivity index is 1.67. The van der Waals surface area contributed by atoms with Gasteiger partial charge in [0.15, 0.2) is 0 Å². The predicted octanol–water partition coefficient (Wildman–Crippen LogP) is 3.97. The fourth-order valence-corrected chi connectivity index (χ4v) is 3.68. The minimum absolute atomic E-state index is 0.0429. The van der Waals surface area contributed by atoms with Crippen LogP contribution in [-0.4, -0.2) is 12.4 Å². The molecule has 0 amide bonds. The Hall–Kier alpha value is -1.45. The summed E-state index contributed by atoms with van der Waals surface area (Å²) in [6.07, 6.45) is 0. The van der Waals surface area contributed by atoms with Crippen molar-refractivity contribution >= 4 is 11.8 Å². The van der Waals surface area contributed by atoms with Crippen molar-refractivity contribution in [3.63, 3.8) is 0 Å².